The lowest BCUT2D eigenvalue weighted by Crippen LogP contribution is -2.01. The van der Waals surface area contributed by atoms with E-state index in [0.29, 0.717) is 5.39 Å². The Balaban J connectivity index is 2.81. The first kappa shape index (κ1) is 7.25. The number of aromatic amines is 2. The van der Waals surface area contributed by atoms with Crippen LogP contribution in [0.5, 0.6) is 0 Å². The number of H-pyrrole nitrogens is 2. The lowest BCUT2D eigenvalue weighted by atomic mass is 10.2. The third-order valence-corrected chi connectivity index (χ3v) is 2.25. The van der Waals surface area contributed by atoms with Crippen LogP contribution in [-0.4, -0.2) is 20.4 Å². The molecule has 0 unspecified atom stereocenters. The van der Waals surface area contributed by atoms with Gasteiger partial charge in [-0.15, -0.1) is 0 Å². The molecule has 2 N–H and O–H groups in total. The molecule has 0 fully saturated rings. The summed E-state index contributed by atoms with van der Waals surface area (Å²) in [4.78, 5) is 11.5. The van der Waals surface area contributed by atoms with Gasteiger partial charge in [-0.3, -0.25) is 9.89 Å². The van der Waals surface area contributed by atoms with Crippen LogP contribution < -0.4 is 5.56 Å². The fourth-order valence-corrected chi connectivity index (χ4v) is 1.63. The average molecular weight is 186 g/mol. The molecule has 0 bridgehead atoms. The van der Waals surface area contributed by atoms with Crippen molar-refractivity contribution in [2.75, 3.05) is 0 Å². The first-order chi connectivity index (χ1) is 6.86. The summed E-state index contributed by atoms with van der Waals surface area (Å²) < 4.78 is 0. The fraction of sp³-hybridized carbons (Fsp3) is 0. The van der Waals surface area contributed by atoms with Crippen molar-refractivity contribution in [3.63, 3.8) is 0 Å². The molecule has 0 amide bonds. The number of aromatic nitrogens is 4. The Morgan fingerprint density at radius 1 is 1.07 bits per heavy atom. The molecular weight excluding hydrogens is 180 g/mol. The van der Waals surface area contributed by atoms with E-state index in [9.17, 15) is 4.79 Å². The molecule has 0 aliphatic heterocycles. The molecule has 0 radical (unpaired) electrons. The van der Waals surface area contributed by atoms with Crippen LogP contribution in [0.3, 0.4) is 0 Å². The molecule has 0 spiro atoms. The van der Waals surface area contributed by atoms with Gasteiger partial charge in [0.2, 0.25) is 0 Å². The van der Waals surface area contributed by atoms with Crippen LogP contribution in [0.4, 0.5) is 0 Å². The molecule has 2 aromatic heterocycles. The number of hydrogen-bond acceptors (Lipinski definition) is 3. The minimum absolute atomic E-state index is 0.186. The highest BCUT2D eigenvalue weighted by molar-refractivity contribution is 6.08. The standard InChI is InChI=1S/C9H6N4O/c14-9-6-2-1-5-3-10-12-7(8(5)6)4-11-13-9/h1-4,12H,(H,13,14). The van der Waals surface area contributed by atoms with Gasteiger partial charge in [0.05, 0.1) is 23.3 Å². The van der Waals surface area contributed by atoms with Gasteiger partial charge in [-0.25, -0.2) is 5.10 Å². The van der Waals surface area contributed by atoms with Crippen molar-refractivity contribution in [3.8, 4) is 0 Å². The minimum atomic E-state index is -0.186. The number of nitrogens with one attached hydrogen (secondary N) is 2. The van der Waals surface area contributed by atoms with E-state index in [2.05, 4.69) is 20.4 Å². The molecule has 0 saturated carbocycles. The minimum Gasteiger partial charge on any atom is -0.276 e. The maximum atomic E-state index is 11.5. The molecule has 5 nitrogen and oxygen atoms in total. The quantitative estimate of drug-likeness (QED) is 0.545. The van der Waals surface area contributed by atoms with Gasteiger partial charge in [0, 0.05) is 10.8 Å². The zero-order chi connectivity index (χ0) is 9.54. The summed E-state index contributed by atoms with van der Waals surface area (Å²) in [5, 5.41) is 15.4. The zero-order valence-corrected chi connectivity index (χ0v) is 7.11. The highest BCUT2D eigenvalue weighted by Crippen LogP contribution is 2.21. The molecular formula is C9H6N4O. The molecule has 0 aliphatic rings. The van der Waals surface area contributed by atoms with Crippen molar-refractivity contribution < 1.29 is 0 Å². The van der Waals surface area contributed by atoms with Crippen LogP contribution in [0, 0.1) is 0 Å². The van der Waals surface area contributed by atoms with Crippen molar-refractivity contribution in [2.24, 2.45) is 0 Å². The van der Waals surface area contributed by atoms with E-state index in [1.165, 1.54) is 0 Å². The Hall–Kier alpha value is -2.17. The smallest absolute Gasteiger partial charge is 0.272 e. The van der Waals surface area contributed by atoms with Gasteiger partial charge >= 0.3 is 0 Å². The van der Waals surface area contributed by atoms with Crippen molar-refractivity contribution in [3.05, 3.63) is 34.9 Å². The van der Waals surface area contributed by atoms with Gasteiger partial charge in [-0.05, 0) is 6.07 Å². The van der Waals surface area contributed by atoms with Crippen molar-refractivity contribution >= 4 is 21.7 Å². The Bertz CT molecular complexity index is 667. The Kier molecular flexibility index (Phi) is 1.25. The Morgan fingerprint density at radius 2 is 1.93 bits per heavy atom. The largest absolute Gasteiger partial charge is 0.276 e. The van der Waals surface area contributed by atoms with Crippen LogP contribution in [0.2, 0.25) is 0 Å². The molecule has 3 aromatic rings. The van der Waals surface area contributed by atoms with Crippen molar-refractivity contribution in [1.82, 2.24) is 20.4 Å². The maximum absolute atomic E-state index is 11.5. The van der Waals surface area contributed by atoms with E-state index in [1.54, 1.807) is 18.5 Å². The molecule has 0 atom stereocenters. The second kappa shape index (κ2) is 2.41. The SMILES string of the molecule is O=c1[nH]ncc2[nH]ncc3ccc1c32. The molecule has 2 heterocycles. The van der Waals surface area contributed by atoms with E-state index < -0.39 is 0 Å². The van der Waals surface area contributed by atoms with Crippen LogP contribution in [-0.2, 0) is 0 Å². The Labute approximate surface area is 77.8 Å². The third-order valence-electron chi connectivity index (χ3n) is 2.25. The summed E-state index contributed by atoms with van der Waals surface area (Å²) in [5.74, 6) is 0. The first-order valence-corrected chi connectivity index (χ1v) is 4.16. The molecule has 0 saturated heterocycles. The second-order valence-electron chi connectivity index (χ2n) is 3.06. The van der Waals surface area contributed by atoms with Gasteiger partial charge in [-0.2, -0.15) is 10.2 Å². The summed E-state index contributed by atoms with van der Waals surface area (Å²) in [7, 11) is 0. The Morgan fingerprint density at radius 3 is 2.86 bits per heavy atom. The van der Waals surface area contributed by atoms with Gasteiger partial charge in [-0.1, -0.05) is 6.07 Å². The van der Waals surface area contributed by atoms with Crippen LogP contribution in [0.1, 0.15) is 0 Å². The average Bonchev–Trinajstić information content (AvgIpc) is 2.54. The van der Waals surface area contributed by atoms with E-state index in [-0.39, 0.29) is 5.56 Å². The lowest BCUT2D eigenvalue weighted by molar-refractivity contribution is 1.01. The van der Waals surface area contributed by atoms with Crippen molar-refractivity contribution in [2.45, 2.75) is 0 Å². The van der Waals surface area contributed by atoms with Crippen LogP contribution >= 0.6 is 0 Å². The summed E-state index contributed by atoms with van der Waals surface area (Å²) in [6.45, 7) is 0. The predicted molar refractivity (Wildman–Crippen MR) is 52.0 cm³/mol. The molecule has 14 heavy (non-hydrogen) atoms. The van der Waals surface area contributed by atoms with E-state index in [4.69, 9.17) is 0 Å². The highest BCUT2D eigenvalue weighted by Gasteiger charge is 2.05. The maximum Gasteiger partial charge on any atom is 0.272 e. The molecule has 3 rings (SSSR count). The molecule has 68 valence electrons. The van der Waals surface area contributed by atoms with Gasteiger partial charge in [0.1, 0.15) is 0 Å². The van der Waals surface area contributed by atoms with E-state index in [0.717, 1.165) is 16.3 Å². The third kappa shape index (κ3) is 0.806. The fourth-order valence-electron chi connectivity index (χ4n) is 1.63. The van der Waals surface area contributed by atoms with E-state index in [1.807, 2.05) is 6.07 Å². The topological polar surface area (TPSA) is 74.4 Å². The van der Waals surface area contributed by atoms with Crippen LogP contribution in [0.25, 0.3) is 21.7 Å². The zero-order valence-electron chi connectivity index (χ0n) is 7.11. The summed E-state index contributed by atoms with van der Waals surface area (Å²) >= 11 is 0. The van der Waals surface area contributed by atoms with Crippen LogP contribution in [0.15, 0.2) is 29.3 Å². The van der Waals surface area contributed by atoms with Gasteiger partial charge in [0.15, 0.2) is 0 Å². The number of hydrogen-bond donors (Lipinski definition) is 2. The van der Waals surface area contributed by atoms with E-state index >= 15 is 0 Å². The summed E-state index contributed by atoms with van der Waals surface area (Å²) in [6.07, 6.45) is 3.25. The van der Waals surface area contributed by atoms with Crippen molar-refractivity contribution in [1.29, 1.82) is 0 Å². The lowest BCUT2D eigenvalue weighted by Gasteiger charge is -1.90. The molecule has 5 heteroatoms. The summed E-state index contributed by atoms with van der Waals surface area (Å²) in [6, 6.07) is 3.64. The second-order valence-corrected chi connectivity index (χ2v) is 3.06. The van der Waals surface area contributed by atoms with Gasteiger partial charge < -0.3 is 0 Å². The molecule has 0 aliphatic carbocycles. The number of nitrogens with zero attached hydrogens (tertiary/aromatic N) is 2. The first-order valence-electron chi connectivity index (χ1n) is 4.16. The molecule has 1 aromatic carbocycles. The summed E-state index contributed by atoms with van der Waals surface area (Å²) in [5.41, 5.74) is 0.565. The predicted octanol–water partition coefficient (Wildman–Crippen LogP) is 0.799. The highest BCUT2D eigenvalue weighted by atomic mass is 16.1. The van der Waals surface area contributed by atoms with Gasteiger partial charge in [0.25, 0.3) is 5.56 Å². The monoisotopic (exact) mass is 186 g/mol. The number of rotatable bonds is 0. The normalized spacial score (nSPS) is 11.1.